The zero-order chi connectivity index (χ0) is 34.7. The van der Waals surface area contributed by atoms with E-state index in [-0.39, 0.29) is 0 Å². The molecule has 0 radical (unpaired) electrons. The minimum Gasteiger partial charge on any atom is -0.378 e. The molecule has 1 nitrogen and oxygen atoms in total. The summed E-state index contributed by atoms with van der Waals surface area (Å²) in [5.74, 6) is 0. The van der Waals surface area contributed by atoms with Crippen LogP contribution >= 0.6 is 0 Å². The molecule has 0 aromatic heterocycles. The molecule has 0 saturated carbocycles. The monoisotopic (exact) mass is 677 g/mol. The number of hydrogen-bond donors (Lipinski definition) is 0. The van der Waals surface area contributed by atoms with Gasteiger partial charge in [0.15, 0.2) is 0 Å². The lowest BCUT2D eigenvalue weighted by Crippen LogP contribution is -2.14. The van der Waals surface area contributed by atoms with E-state index in [0.29, 0.717) is 6.10 Å². The first kappa shape index (κ1) is 48.0. The first-order valence-electron chi connectivity index (χ1n) is 23.5. The van der Waals surface area contributed by atoms with Crippen molar-refractivity contribution in [2.45, 2.75) is 297 Å². The van der Waals surface area contributed by atoms with Crippen LogP contribution < -0.4 is 0 Å². The van der Waals surface area contributed by atoms with Gasteiger partial charge in [-0.15, -0.1) is 0 Å². The Kier molecular flexibility index (Phi) is 44.9. The molecule has 0 aromatic carbocycles. The van der Waals surface area contributed by atoms with Crippen LogP contribution in [0.1, 0.15) is 290 Å². The summed E-state index contributed by atoms with van der Waals surface area (Å²) >= 11 is 0. The van der Waals surface area contributed by atoms with Crippen molar-refractivity contribution in [3.63, 3.8) is 0 Å². The number of ether oxygens (including phenoxy) is 1. The molecule has 1 heteroatoms. The van der Waals surface area contributed by atoms with E-state index in [2.05, 4.69) is 20.8 Å². The van der Waals surface area contributed by atoms with Gasteiger partial charge in [-0.2, -0.15) is 0 Å². The summed E-state index contributed by atoms with van der Waals surface area (Å²) in [6.45, 7) is 7.96. The highest BCUT2D eigenvalue weighted by molar-refractivity contribution is 4.61. The summed E-state index contributed by atoms with van der Waals surface area (Å²) in [5, 5.41) is 0. The minimum absolute atomic E-state index is 0.535. The van der Waals surface area contributed by atoms with Crippen molar-refractivity contribution >= 4 is 0 Å². The van der Waals surface area contributed by atoms with E-state index in [1.54, 1.807) is 0 Å². The van der Waals surface area contributed by atoms with E-state index >= 15 is 0 Å². The van der Waals surface area contributed by atoms with Crippen molar-refractivity contribution in [3.8, 4) is 0 Å². The molecule has 0 fully saturated rings. The fourth-order valence-corrected chi connectivity index (χ4v) is 7.64. The zero-order valence-electron chi connectivity index (χ0n) is 34.4. The first-order chi connectivity index (χ1) is 23.8. The maximum Gasteiger partial charge on any atom is 0.0575 e. The molecule has 0 N–H and O–H groups in total. The van der Waals surface area contributed by atoms with Gasteiger partial charge in [0.1, 0.15) is 0 Å². The van der Waals surface area contributed by atoms with Gasteiger partial charge in [-0.05, 0) is 19.3 Å². The van der Waals surface area contributed by atoms with Crippen molar-refractivity contribution < 1.29 is 4.74 Å². The summed E-state index contributed by atoms with van der Waals surface area (Å²) in [6.07, 6.45) is 60.8. The van der Waals surface area contributed by atoms with Gasteiger partial charge in [0, 0.05) is 6.61 Å². The van der Waals surface area contributed by atoms with Crippen molar-refractivity contribution in [2.75, 3.05) is 6.61 Å². The molecule has 0 aliphatic heterocycles. The van der Waals surface area contributed by atoms with Crippen LogP contribution in [0.5, 0.6) is 0 Å². The summed E-state index contributed by atoms with van der Waals surface area (Å²) < 4.78 is 6.56. The van der Waals surface area contributed by atoms with Crippen LogP contribution in [0.3, 0.4) is 0 Å². The topological polar surface area (TPSA) is 9.23 Å². The van der Waals surface area contributed by atoms with Gasteiger partial charge in [-0.1, -0.05) is 271 Å². The molecule has 0 spiro atoms. The van der Waals surface area contributed by atoms with Gasteiger partial charge in [0.25, 0.3) is 0 Å². The van der Waals surface area contributed by atoms with Gasteiger partial charge in [0.2, 0.25) is 0 Å². The summed E-state index contributed by atoms with van der Waals surface area (Å²) in [6, 6.07) is 0. The average Bonchev–Trinajstić information content (AvgIpc) is 3.10. The third kappa shape index (κ3) is 42.1. The van der Waals surface area contributed by atoms with Crippen LogP contribution in [0.25, 0.3) is 0 Å². The van der Waals surface area contributed by atoms with E-state index in [1.807, 2.05) is 0 Å². The van der Waals surface area contributed by atoms with Crippen LogP contribution in [0.15, 0.2) is 0 Å². The van der Waals surface area contributed by atoms with Gasteiger partial charge in [0.05, 0.1) is 6.10 Å². The summed E-state index contributed by atoms with van der Waals surface area (Å²) in [5.41, 5.74) is 0. The SMILES string of the molecule is CCCCCCCCCCCCCCCCOC(CCCCCCCCCCCCCCC)CCCCCCCCCCCCCCC. The van der Waals surface area contributed by atoms with Crippen molar-refractivity contribution in [3.05, 3.63) is 0 Å². The van der Waals surface area contributed by atoms with E-state index in [1.165, 1.54) is 270 Å². The largest absolute Gasteiger partial charge is 0.378 e. The second kappa shape index (κ2) is 45.0. The molecular formula is C47H96O. The van der Waals surface area contributed by atoms with Crippen LogP contribution in [0, 0.1) is 0 Å². The molecule has 0 aliphatic rings. The van der Waals surface area contributed by atoms with E-state index < -0.39 is 0 Å². The lowest BCUT2D eigenvalue weighted by Gasteiger charge is -2.18. The van der Waals surface area contributed by atoms with Gasteiger partial charge >= 0.3 is 0 Å². The Morgan fingerprint density at radius 3 is 0.646 bits per heavy atom. The van der Waals surface area contributed by atoms with Gasteiger partial charge in [-0.25, -0.2) is 0 Å². The molecule has 0 saturated heterocycles. The summed E-state index contributed by atoms with van der Waals surface area (Å²) in [4.78, 5) is 0. The fraction of sp³-hybridized carbons (Fsp3) is 1.00. The second-order valence-electron chi connectivity index (χ2n) is 16.2. The molecule has 290 valence electrons. The maximum absolute atomic E-state index is 6.56. The minimum atomic E-state index is 0.535. The lowest BCUT2D eigenvalue weighted by molar-refractivity contribution is 0.0357. The molecule has 0 bridgehead atoms. The molecule has 0 aromatic rings. The molecule has 0 aliphatic carbocycles. The third-order valence-electron chi connectivity index (χ3n) is 11.1. The first-order valence-corrected chi connectivity index (χ1v) is 23.5. The highest BCUT2D eigenvalue weighted by Crippen LogP contribution is 2.19. The Hall–Kier alpha value is -0.0400. The van der Waals surface area contributed by atoms with Crippen molar-refractivity contribution in [1.29, 1.82) is 0 Å². The average molecular weight is 677 g/mol. The standard InChI is InChI=1S/C47H96O/c1-4-7-10-13-16-19-22-25-28-31-34-37-40-43-46-48-47(44-41-38-35-32-29-26-23-20-17-14-11-8-5-2)45-42-39-36-33-30-27-24-21-18-15-12-9-6-3/h47H,4-46H2,1-3H3. The molecule has 0 amide bonds. The van der Waals surface area contributed by atoms with Gasteiger partial charge in [-0.3, -0.25) is 0 Å². The highest BCUT2D eigenvalue weighted by atomic mass is 16.5. The van der Waals surface area contributed by atoms with E-state index in [9.17, 15) is 0 Å². The molecule has 0 unspecified atom stereocenters. The van der Waals surface area contributed by atoms with Crippen LogP contribution in [-0.2, 0) is 4.74 Å². The van der Waals surface area contributed by atoms with Crippen molar-refractivity contribution in [2.24, 2.45) is 0 Å². The number of rotatable bonds is 44. The molecule has 0 atom stereocenters. The number of hydrogen-bond acceptors (Lipinski definition) is 1. The van der Waals surface area contributed by atoms with E-state index in [4.69, 9.17) is 4.74 Å². The normalized spacial score (nSPS) is 11.8. The smallest absolute Gasteiger partial charge is 0.0575 e. The molecule has 0 heterocycles. The van der Waals surface area contributed by atoms with Crippen LogP contribution in [0.2, 0.25) is 0 Å². The molecule has 0 rings (SSSR count). The maximum atomic E-state index is 6.56. The van der Waals surface area contributed by atoms with E-state index in [0.717, 1.165) is 6.61 Å². The van der Waals surface area contributed by atoms with Crippen molar-refractivity contribution in [1.82, 2.24) is 0 Å². The predicted octanol–water partition coefficient (Wildman–Crippen LogP) is 17.8. The second-order valence-corrected chi connectivity index (χ2v) is 16.2. The Morgan fingerprint density at radius 1 is 0.229 bits per heavy atom. The highest BCUT2D eigenvalue weighted by Gasteiger charge is 2.09. The Bertz CT molecular complexity index is 499. The zero-order valence-corrected chi connectivity index (χ0v) is 34.4. The quantitative estimate of drug-likeness (QED) is 0.0584. The Labute approximate surface area is 307 Å². The van der Waals surface area contributed by atoms with Crippen LogP contribution in [0.4, 0.5) is 0 Å². The van der Waals surface area contributed by atoms with Crippen LogP contribution in [-0.4, -0.2) is 12.7 Å². The van der Waals surface area contributed by atoms with Gasteiger partial charge < -0.3 is 4.74 Å². The Balaban J connectivity index is 3.92. The lowest BCUT2D eigenvalue weighted by atomic mass is 10.0. The number of unbranched alkanes of at least 4 members (excludes halogenated alkanes) is 37. The third-order valence-corrected chi connectivity index (χ3v) is 11.1. The Morgan fingerprint density at radius 2 is 0.417 bits per heavy atom. The molecular weight excluding hydrogens is 581 g/mol. The fourth-order valence-electron chi connectivity index (χ4n) is 7.64. The molecule has 48 heavy (non-hydrogen) atoms. The predicted molar refractivity (Wildman–Crippen MR) is 221 cm³/mol. The summed E-state index contributed by atoms with van der Waals surface area (Å²) in [7, 11) is 0.